The van der Waals surface area contributed by atoms with Crippen LogP contribution >= 0.6 is 0 Å². The van der Waals surface area contributed by atoms with Gasteiger partial charge in [0.25, 0.3) is 5.91 Å². The number of ketones is 1. The summed E-state index contributed by atoms with van der Waals surface area (Å²) in [5.41, 5.74) is 2.79. The summed E-state index contributed by atoms with van der Waals surface area (Å²) in [4.78, 5) is 42.2. The molecule has 1 heterocycles. The third-order valence-electron chi connectivity index (χ3n) is 10.7. The standard InChI is InChI=1S/C29H43N3O4/c1-18(33)22-9-10-23-21-8-7-19-16-20(11-13-28(19,2)24(21)12-14-29(22,23)3)32-36-17-26(34)31-25-6-4-5-15-30-27(25)35/h16,21-25H,4-15,17H2,1-3H3,(H,30,35)(H,31,34)/b32-20-/t21-,22+,23-,24-,25?,28-,29+/m0/s1. The zero-order chi connectivity index (χ0) is 25.5. The summed E-state index contributed by atoms with van der Waals surface area (Å²) in [7, 11) is 0. The van der Waals surface area contributed by atoms with Crippen LogP contribution in [0.3, 0.4) is 0 Å². The number of fused-ring (bicyclic) bond motifs is 5. The monoisotopic (exact) mass is 497 g/mol. The van der Waals surface area contributed by atoms with E-state index in [1.165, 1.54) is 31.3 Å². The van der Waals surface area contributed by atoms with Gasteiger partial charge in [0.1, 0.15) is 11.8 Å². The molecular formula is C29H43N3O4. The van der Waals surface area contributed by atoms with Crippen molar-refractivity contribution in [2.24, 2.45) is 39.7 Å². The number of allylic oxidation sites excluding steroid dienone is 2. The molecule has 3 saturated carbocycles. The molecule has 7 nitrogen and oxygen atoms in total. The van der Waals surface area contributed by atoms with E-state index in [1.807, 2.05) is 0 Å². The maximum Gasteiger partial charge on any atom is 0.261 e. The van der Waals surface area contributed by atoms with Gasteiger partial charge in [0.2, 0.25) is 5.91 Å². The van der Waals surface area contributed by atoms with Crippen molar-refractivity contribution in [2.45, 2.75) is 97.4 Å². The maximum absolute atomic E-state index is 12.4. The predicted octanol–water partition coefficient (Wildman–Crippen LogP) is 4.31. The highest BCUT2D eigenvalue weighted by atomic mass is 16.6. The Hall–Kier alpha value is -2.18. The van der Waals surface area contributed by atoms with Crippen LogP contribution in [0.1, 0.15) is 91.4 Å². The second kappa shape index (κ2) is 9.94. The summed E-state index contributed by atoms with van der Waals surface area (Å²) < 4.78 is 0. The molecule has 4 aliphatic carbocycles. The summed E-state index contributed by atoms with van der Waals surface area (Å²) in [6, 6.07) is -0.480. The van der Waals surface area contributed by atoms with Crippen LogP contribution in [0, 0.1) is 34.5 Å². The van der Waals surface area contributed by atoms with Crippen LogP contribution in [0.4, 0.5) is 0 Å². The Morgan fingerprint density at radius 3 is 2.72 bits per heavy atom. The molecular weight excluding hydrogens is 454 g/mol. The highest BCUT2D eigenvalue weighted by Gasteiger charge is 2.59. The van der Waals surface area contributed by atoms with Crippen LogP contribution in [0.15, 0.2) is 16.8 Å². The SMILES string of the molecule is CC(=O)[C@H]1CC[C@H]2[C@@H]3CCC4=C/C(=N\OCC(=O)NC5CCCCNC5=O)CC[C@]4(C)[C@H]3CC[C@]12C. The van der Waals surface area contributed by atoms with Gasteiger partial charge in [-0.15, -0.1) is 0 Å². The van der Waals surface area contributed by atoms with Gasteiger partial charge in [-0.2, -0.15) is 0 Å². The van der Waals surface area contributed by atoms with Gasteiger partial charge in [0.05, 0.1) is 5.71 Å². The van der Waals surface area contributed by atoms with Crippen molar-refractivity contribution in [3.05, 3.63) is 11.6 Å². The van der Waals surface area contributed by atoms with Crippen molar-refractivity contribution in [3.63, 3.8) is 0 Å². The lowest BCUT2D eigenvalue weighted by Gasteiger charge is -2.58. The van der Waals surface area contributed by atoms with Crippen LogP contribution in [-0.2, 0) is 19.2 Å². The van der Waals surface area contributed by atoms with Crippen molar-refractivity contribution >= 4 is 23.3 Å². The van der Waals surface area contributed by atoms with Gasteiger partial charge in [0.15, 0.2) is 6.61 Å². The molecule has 5 rings (SSSR count). The first-order chi connectivity index (χ1) is 17.2. The first-order valence-electron chi connectivity index (χ1n) is 14.2. The number of carbonyl (C=O) groups excluding carboxylic acids is 3. The lowest BCUT2D eigenvalue weighted by atomic mass is 9.46. The molecule has 198 valence electrons. The van der Waals surface area contributed by atoms with Gasteiger partial charge in [-0.05, 0) is 112 Å². The third kappa shape index (κ3) is 4.51. The first-order valence-corrected chi connectivity index (χ1v) is 14.2. The second-order valence-electron chi connectivity index (χ2n) is 12.6. The largest absolute Gasteiger partial charge is 0.385 e. The van der Waals surface area contributed by atoms with Gasteiger partial charge in [-0.1, -0.05) is 24.6 Å². The number of nitrogens with one attached hydrogen (secondary N) is 2. The lowest BCUT2D eigenvalue weighted by Crippen LogP contribution is -2.51. The van der Waals surface area contributed by atoms with E-state index in [-0.39, 0.29) is 35.2 Å². The summed E-state index contributed by atoms with van der Waals surface area (Å²) >= 11 is 0. The predicted molar refractivity (Wildman–Crippen MR) is 138 cm³/mol. The molecule has 0 aromatic heterocycles. The number of carbonyl (C=O) groups is 3. The maximum atomic E-state index is 12.4. The molecule has 4 fully saturated rings. The number of Topliss-reactive ketones (excluding diaryl/α,β-unsaturated/α-hetero) is 1. The van der Waals surface area contributed by atoms with Gasteiger partial charge in [-0.25, -0.2) is 0 Å². The number of hydrogen-bond acceptors (Lipinski definition) is 5. The fourth-order valence-electron chi connectivity index (χ4n) is 8.80. The number of oxime groups is 1. The van der Waals surface area contributed by atoms with Crippen LogP contribution in [0.25, 0.3) is 0 Å². The Bertz CT molecular complexity index is 974. The Morgan fingerprint density at radius 2 is 1.92 bits per heavy atom. The van der Waals surface area contributed by atoms with E-state index in [0.29, 0.717) is 30.6 Å². The van der Waals surface area contributed by atoms with E-state index in [0.717, 1.165) is 50.2 Å². The average molecular weight is 498 g/mol. The number of rotatable bonds is 5. The zero-order valence-electron chi connectivity index (χ0n) is 22.2. The highest BCUT2D eigenvalue weighted by molar-refractivity contribution is 5.96. The molecule has 7 atom stereocenters. The number of nitrogens with zero attached hydrogens (tertiary/aromatic N) is 1. The molecule has 0 bridgehead atoms. The summed E-state index contributed by atoms with van der Waals surface area (Å²) in [5.74, 6) is 2.30. The Kier molecular flexibility index (Phi) is 7.03. The Morgan fingerprint density at radius 1 is 1.08 bits per heavy atom. The first kappa shape index (κ1) is 25.5. The molecule has 36 heavy (non-hydrogen) atoms. The van der Waals surface area contributed by atoms with E-state index in [1.54, 1.807) is 6.92 Å². The normalized spacial score (nSPS) is 41.2. The summed E-state index contributed by atoms with van der Waals surface area (Å²) in [6.07, 6.45) is 13.6. The molecule has 0 spiro atoms. The highest BCUT2D eigenvalue weighted by Crippen LogP contribution is 2.66. The van der Waals surface area contributed by atoms with E-state index in [9.17, 15) is 14.4 Å². The molecule has 0 aromatic carbocycles. The van der Waals surface area contributed by atoms with Crippen LogP contribution in [-0.4, -0.2) is 42.5 Å². The minimum atomic E-state index is -0.480. The van der Waals surface area contributed by atoms with E-state index in [4.69, 9.17) is 4.84 Å². The van der Waals surface area contributed by atoms with E-state index in [2.05, 4.69) is 35.7 Å². The van der Waals surface area contributed by atoms with Gasteiger partial charge in [0, 0.05) is 12.5 Å². The molecule has 1 saturated heterocycles. The minimum Gasteiger partial charge on any atom is -0.385 e. The number of hydrogen-bond donors (Lipinski definition) is 2. The van der Waals surface area contributed by atoms with Gasteiger partial charge >= 0.3 is 0 Å². The summed E-state index contributed by atoms with van der Waals surface area (Å²) in [5, 5.41) is 9.93. The smallest absolute Gasteiger partial charge is 0.261 e. The minimum absolute atomic E-state index is 0.114. The van der Waals surface area contributed by atoms with E-state index >= 15 is 0 Å². The fraction of sp³-hybridized carbons (Fsp3) is 0.793. The molecule has 5 aliphatic rings. The molecule has 1 unspecified atom stereocenters. The van der Waals surface area contributed by atoms with Crippen LogP contribution in [0.2, 0.25) is 0 Å². The topological polar surface area (TPSA) is 96.9 Å². The van der Waals surface area contributed by atoms with E-state index < -0.39 is 6.04 Å². The molecule has 2 amide bonds. The Balaban J connectivity index is 1.20. The molecule has 1 aliphatic heterocycles. The lowest BCUT2D eigenvalue weighted by molar-refractivity contribution is -0.131. The van der Waals surface area contributed by atoms with Crippen molar-refractivity contribution in [1.82, 2.24) is 10.6 Å². The molecule has 2 N–H and O–H groups in total. The van der Waals surface area contributed by atoms with Crippen LogP contribution < -0.4 is 10.6 Å². The average Bonchev–Trinajstić information content (AvgIpc) is 3.08. The van der Waals surface area contributed by atoms with Gasteiger partial charge < -0.3 is 15.5 Å². The number of amides is 2. The van der Waals surface area contributed by atoms with Crippen LogP contribution in [0.5, 0.6) is 0 Å². The Labute approximate surface area is 215 Å². The third-order valence-corrected chi connectivity index (χ3v) is 10.7. The quantitative estimate of drug-likeness (QED) is 0.553. The van der Waals surface area contributed by atoms with Crippen molar-refractivity contribution in [2.75, 3.05) is 13.2 Å². The van der Waals surface area contributed by atoms with Crippen molar-refractivity contribution < 1.29 is 19.2 Å². The fourth-order valence-corrected chi connectivity index (χ4v) is 8.80. The van der Waals surface area contributed by atoms with Crippen molar-refractivity contribution in [3.8, 4) is 0 Å². The summed E-state index contributed by atoms with van der Waals surface area (Å²) in [6.45, 7) is 7.16. The molecule has 0 radical (unpaired) electrons. The van der Waals surface area contributed by atoms with Crippen molar-refractivity contribution in [1.29, 1.82) is 0 Å². The zero-order valence-corrected chi connectivity index (χ0v) is 22.2. The van der Waals surface area contributed by atoms with Gasteiger partial charge in [-0.3, -0.25) is 14.4 Å². The molecule has 7 heteroatoms. The second-order valence-corrected chi connectivity index (χ2v) is 12.6. The molecule has 0 aromatic rings.